The van der Waals surface area contributed by atoms with Gasteiger partial charge in [-0.25, -0.2) is 4.98 Å². The van der Waals surface area contributed by atoms with Crippen molar-refractivity contribution in [3.05, 3.63) is 51.5 Å². The van der Waals surface area contributed by atoms with E-state index < -0.39 is 0 Å². The molecule has 0 aliphatic heterocycles. The van der Waals surface area contributed by atoms with Crippen LogP contribution in [0.15, 0.2) is 30.5 Å². The van der Waals surface area contributed by atoms with E-state index in [1.807, 2.05) is 13.1 Å². The molecule has 18 heavy (non-hydrogen) atoms. The minimum absolute atomic E-state index is 0.494. The van der Waals surface area contributed by atoms with E-state index >= 15 is 0 Å². The Hall–Kier alpha value is -0.860. The van der Waals surface area contributed by atoms with Crippen LogP contribution in [0.4, 0.5) is 0 Å². The summed E-state index contributed by atoms with van der Waals surface area (Å²) in [4.78, 5) is 5.64. The van der Waals surface area contributed by atoms with Crippen LogP contribution in [0.5, 0.6) is 0 Å². The lowest BCUT2D eigenvalue weighted by atomic mass is 9.96. The van der Waals surface area contributed by atoms with Gasteiger partial charge in [-0.3, -0.25) is 0 Å². The highest BCUT2D eigenvalue weighted by molar-refractivity contribution is 7.11. The van der Waals surface area contributed by atoms with Gasteiger partial charge in [-0.05, 0) is 38.2 Å². The summed E-state index contributed by atoms with van der Waals surface area (Å²) in [5.74, 6) is 1.19. The number of aryl methyl sites for hydroxylation is 2. The Morgan fingerprint density at radius 3 is 2.72 bits per heavy atom. The van der Waals surface area contributed by atoms with Gasteiger partial charge in [-0.15, -0.1) is 22.9 Å². The van der Waals surface area contributed by atoms with Crippen molar-refractivity contribution in [2.45, 2.75) is 26.7 Å². The molecule has 96 valence electrons. The Bertz CT molecular complexity index is 507. The lowest BCUT2D eigenvalue weighted by Crippen LogP contribution is -2.09. The second kappa shape index (κ2) is 6.35. The van der Waals surface area contributed by atoms with Gasteiger partial charge in [0, 0.05) is 17.0 Å². The zero-order valence-electron chi connectivity index (χ0n) is 10.8. The maximum atomic E-state index is 6.10. The van der Waals surface area contributed by atoms with E-state index in [9.17, 15) is 0 Å². The molecular weight excluding hydrogens is 262 g/mol. The molecule has 1 nitrogen and oxygen atoms in total. The molecule has 1 aromatic heterocycles. The number of nitrogens with zero attached hydrogens (tertiary/aromatic N) is 1. The summed E-state index contributed by atoms with van der Waals surface area (Å²) < 4.78 is 0. The molecule has 1 aromatic carbocycles. The molecule has 0 N–H and O–H groups in total. The fourth-order valence-corrected chi connectivity index (χ4v) is 3.27. The fourth-order valence-electron chi connectivity index (χ4n) is 2.14. The number of aromatic nitrogens is 1. The zero-order chi connectivity index (χ0) is 13.0. The van der Waals surface area contributed by atoms with Gasteiger partial charge >= 0.3 is 0 Å². The first kappa shape index (κ1) is 13.6. The smallest absolute Gasteiger partial charge is 0.0896 e. The van der Waals surface area contributed by atoms with E-state index in [2.05, 4.69) is 36.2 Å². The maximum Gasteiger partial charge on any atom is 0.0896 e. The minimum atomic E-state index is 0.494. The molecule has 1 atom stereocenters. The molecule has 1 unspecified atom stereocenters. The Morgan fingerprint density at radius 1 is 1.28 bits per heavy atom. The largest absolute Gasteiger partial charge is 0.250 e. The van der Waals surface area contributed by atoms with Crippen LogP contribution >= 0.6 is 22.9 Å². The maximum absolute atomic E-state index is 6.10. The van der Waals surface area contributed by atoms with E-state index in [0.29, 0.717) is 11.8 Å². The SMILES string of the molecule is Cc1cccc(CC(CCl)Cc2cnc(C)s2)c1. The predicted molar refractivity (Wildman–Crippen MR) is 79.6 cm³/mol. The van der Waals surface area contributed by atoms with Crippen molar-refractivity contribution in [2.24, 2.45) is 5.92 Å². The monoisotopic (exact) mass is 279 g/mol. The number of halogens is 1. The number of hydrogen-bond donors (Lipinski definition) is 0. The van der Waals surface area contributed by atoms with Crippen LogP contribution in [-0.2, 0) is 12.8 Å². The van der Waals surface area contributed by atoms with Crippen molar-refractivity contribution < 1.29 is 0 Å². The number of hydrogen-bond acceptors (Lipinski definition) is 2. The first-order valence-corrected chi connectivity index (χ1v) is 7.55. The highest BCUT2D eigenvalue weighted by Gasteiger charge is 2.11. The number of rotatable bonds is 5. The fraction of sp³-hybridized carbons (Fsp3) is 0.400. The molecule has 1 heterocycles. The van der Waals surface area contributed by atoms with Gasteiger partial charge in [-0.2, -0.15) is 0 Å². The molecule has 0 fully saturated rings. The molecule has 3 heteroatoms. The number of benzene rings is 1. The number of thiazole rings is 1. The molecule has 0 aliphatic rings. The van der Waals surface area contributed by atoms with Crippen LogP contribution in [0.3, 0.4) is 0 Å². The van der Waals surface area contributed by atoms with Crippen LogP contribution < -0.4 is 0 Å². The first-order valence-electron chi connectivity index (χ1n) is 6.20. The molecule has 0 saturated heterocycles. The molecule has 0 spiro atoms. The van der Waals surface area contributed by atoms with Crippen molar-refractivity contribution in [3.8, 4) is 0 Å². The van der Waals surface area contributed by atoms with Gasteiger partial charge in [0.15, 0.2) is 0 Å². The van der Waals surface area contributed by atoms with Crippen molar-refractivity contribution in [2.75, 3.05) is 5.88 Å². The van der Waals surface area contributed by atoms with Gasteiger partial charge in [0.2, 0.25) is 0 Å². The van der Waals surface area contributed by atoms with Crippen molar-refractivity contribution in [1.29, 1.82) is 0 Å². The van der Waals surface area contributed by atoms with E-state index in [1.165, 1.54) is 16.0 Å². The molecule has 0 bridgehead atoms. The third-order valence-corrected chi connectivity index (χ3v) is 4.36. The topological polar surface area (TPSA) is 12.9 Å². The highest BCUT2D eigenvalue weighted by atomic mass is 35.5. The summed E-state index contributed by atoms with van der Waals surface area (Å²) in [6, 6.07) is 8.68. The summed E-state index contributed by atoms with van der Waals surface area (Å²) >= 11 is 7.87. The average Bonchev–Trinajstić information content (AvgIpc) is 2.74. The number of alkyl halides is 1. The standard InChI is InChI=1S/C15H18ClNS/c1-11-4-3-5-13(6-11)7-14(9-16)8-15-10-17-12(2)18-15/h3-6,10,14H,7-9H2,1-2H3. The summed E-state index contributed by atoms with van der Waals surface area (Å²) in [6.07, 6.45) is 4.06. The second-order valence-corrected chi connectivity index (χ2v) is 6.39. The third-order valence-electron chi connectivity index (χ3n) is 2.98. The molecule has 0 amide bonds. The average molecular weight is 280 g/mol. The van der Waals surface area contributed by atoms with Crippen LogP contribution in [0, 0.1) is 19.8 Å². The van der Waals surface area contributed by atoms with Gasteiger partial charge in [-0.1, -0.05) is 29.8 Å². The predicted octanol–water partition coefficient (Wildman–Crippen LogP) is 4.40. The second-order valence-electron chi connectivity index (χ2n) is 4.76. The molecule has 2 rings (SSSR count). The van der Waals surface area contributed by atoms with E-state index in [1.54, 1.807) is 11.3 Å². The van der Waals surface area contributed by atoms with Gasteiger partial charge in [0.1, 0.15) is 0 Å². The Kier molecular flexibility index (Phi) is 4.79. The quantitative estimate of drug-likeness (QED) is 0.739. The molecule has 0 aliphatic carbocycles. The minimum Gasteiger partial charge on any atom is -0.250 e. The van der Waals surface area contributed by atoms with Crippen molar-refractivity contribution in [1.82, 2.24) is 4.98 Å². The third kappa shape index (κ3) is 3.82. The van der Waals surface area contributed by atoms with E-state index in [-0.39, 0.29) is 0 Å². The molecule has 2 aromatic rings. The molecule has 0 saturated carbocycles. The molecule has 0 radical (unpaired) electrons. The van der Waals surface area contributed by atoms with Gasteiger partial charge in [0.05, 0.1) is 5.01 Å². The van der Waals surface area contributed by atoms with E-state index in [0.717, 1.165) is 17.8 Å². The van der Waals surface area contributed by atoms with Crippen LogP contribution in [0.2, 0.25) is 0 Å². The first-order chi connectivity index (χ1) is 8.67. The van der Waals surface area contributed by atoms with Crippen LogP contribution in [0.1, 0.15) is 21.0 Å². The summed E-state index contributed by atoms with van der Waals surface area (Å²) in [5, 5.41) is 1.13. The van der Waals surface area contributed by atoms with Crippen LogP contribution in [-0.4, -0.2) is 10.9 Å². The zero-order valence-corrected chi connectivity index (χ0v) is 12.4. The summed E-state index contributed by atoms with van der Waals surface area (Å²) in [7, 11) is 0. The van der Waals surface area contributed by atoms with E-state index in [4.69, 9.17) is 11.6 Å². The lowest BCUT2D eigenvalue weighted by Gasteiger charge is -2.13. The highest BCUT2D eigenvalue weighted by Crippen LogP contribution is 2.20. The van der Waals surface area contributed by atoms with Crippen molar-refractivity contribution >= 4 is 22.9 Å². The summed E-state index contributed by atoms with van der Waals surface area (Å²) in [6.45, 7) is 4.18. The normalized spacial score (nSPS) is 12.6. The lowest BCUT2D eigenvalue weighted by molar-refractivity contribution is 0.588. The summed E-state index contributed by atoms with van der Waals surface area (Å²) in [5.41, 5.74) is 2.69. The van der Waals surface area contributed by atoms with Gasteiger partial charge < -0.3 is 0 Å². The van der Waals surface area contributed by atoms with Crippen molar-refractivity contribution in [3.63, 3.8) is 0 Å². The van der Waals surface area contributed by atoms with Crippen LogP contribution in [0.25, 0.3) is 0 Å². The Balaban J connectivity index is 2.01. The Morgan fingerprint density at radius 2 is 2.11 bits per heavy atom. The molecular formula is C15H18ClNS. The van der Waals surface area contributed by atoms with Gasteiger partial charge in [0.25, 0.3) is 0 Å². The Labute approximate surface area is 118 Å².